The predicted molar refractivity (Wildman–Crippen MR) is 80.0 cm³/mol. The number of hydrogen-bond donors (Lipinski definition) is 1. The fraction of sp³-hybridized carbons (Fsp3) is 0.467. The van der Waals surface area contributed by atoms with E-state index in [0.29, 0.717) is 18.5 Å². The molecule has 1 aromatic heterocycles. The van der Waals surface area contributed by atoms with Crippen molar-refractivity contribution in [2.75, 3.05) is 20.3 Å². The van der Waals surface area contributed by atoms with E-state index in [1.165, 1.54) is 0 Å². The lowest BCUT2D eigenvalue weighted by Crippen LogP contribution is -2.32. The number of rotatable bonds is 6. The summed E-state index contributed by atoms with van der Waals surface area (Å²) in [7, 11) is 1.63. The molecule has 0 aliphatic rings. The number of nitrogens with one attached hydrogen (secondary N) is 1. The summed E-state index contributed by atoms with van der Waals surface area (Å²) < 4.78 is 6.81. The van der Waals surface area contributed by atoms with Crippen LogP contribution in [0.2, 0.25) is 0 Å². The van der Waals surface area contributed by atoms with E-state index in [2.05, 4.69) is 10.3 Å². The largest absolute Gasteiger partial charge is 0.383 e. The number of aromatic nitrogens is 2. The number of methoxy groups -OCH3 is 1. The highest BCUT2D eigenvalue weighted by atomic mass is 16.5. The van der Waals surface area contributed by atoms with Crippen molar-refractivity contribution in [1.82, 2.24) is 14.9 Å². The Balaban J connectivity index is 2.60. The summed E-state index contributed by atoms with van der Waals surface area (Å²) in [5.41, 5.74) is 0.735. The molecule has 0 saturated carbocycles. The Bertz CT molecular complexity index is 637. The maximum Gasteiger partial charge on any atom is 0.261 e. The number of ether oxygens (including phenoxy) is 1. The summed E-state index contributed by atoms with van der Waals surface area (Å²) in [6.45, 7) is 5.89. The van der Waals surface area contributed by atoms with Gasteiger partial charge in [0.1, 0.15) is 5.82 Å². The van der Waals surface area contributed by atoms with Gasteiger partial charge in [-0.2, -0.15) is 0 Å². The van der Waals surface area contributed by atoms with Crippen LogP contribution < -0.4 is 10.9 Å². The van der Waals surface area contributed by atoms with Gasteiger partial charge in [0, 0.05) is 7.11 Å². The van der Waals surface area contributed by atoms with E-state index in [-0.39, 0.29) is 11.6 Å². The molecule has 2 rings (SSSR count). The van der Waals surface area contributed by atoms with Gasteiger partial charge in [-0.25, -0.2) is 4.98 Å². The van der Waals surface area contributed by atoms with Crippen LogP contribution in [0.1, 0.15) is 25.7 Å². The highest BCUT2D eigenvalue weighted by Gasteiger charge is 2.15. The lowest BCUT2D eigenvalue weighted by atomic mass is 10.2. The average molecular weight is 275 g/mol. The average Bonchev–Trinajstić information content (AvgIpc) is 2.46. The van der Waals surface area contributed by atoms with E-state index in [1.807, 2.05) is 38.1 Å². The molecular formula is C15H21N3O2. The Morgan fingerprint density at radius 1 is 1.40 bits per heavy atom. The summed E-state index contributed by atoms with van der Waals surface area (Å²) in [4.78, 5) is 17.3. The molecule has 0 aliphatic heterocycles. The van der Waals surface area contributed by atoms with E-state index < -0.39 is 0 Å². The zero-order chi connectivity index (χ0) is 14.5. The lowest BCUT2D eigenvalue weighted by molar-refractivity contribution is 0.184. The zero-order valence-corrected chi connectivity index (χ0v) is 12.2. The van der Waals surface area contributed by atoms with Crippen LogP contribution in [0, 0.1) is 0 Å². The zero-order valence-electron chi connectivity index (χ0n) is 12.2. The van der Waals surface area contributed by atoms with E-state index >= 15 is 0 Å². The van der Waals surface area contributed by atoms with Crippen LogP contribution in [0.25, 0.3) is 10.9 Å². The number of hydrogen-bond acceptors (Lipinski definition) is 4. The van der Waals surface area contributed by atoms with Crippen molar-refractivity contribution in [1.29, 1.82) is 0 Å². The first-order chi connectivity index (χ1) is 9.69. The Morgan fingerprint density at radius 2 is 2.15 bits per heavy atom. The number of fused-ring (bicyclic) bond motifs is 1. The first-order valence-electron chi connectivity index (χ1n) is 6.90. The van der Waals surface area contributed by atoms with Crippen molar-refractivity contribution in [3.05, 3.63) is 40.4 Å². The van der Waals surface area contributed by atoms with Gasteiger partial charge in [-0.15, -0.1) is 0 Å². The number of benzene rings is 1. The summed E-state index contributed by atoms with van der Waals surface area (Å²) in [6.07, 6.45) is 0. The maximum absolute atomic E-state index is 12.6. The molecule has 2 aromatic rings. The molecule has 1 heterocycles. The molecule has 5 nitrogen and oxygen atoms in total. The second-order valence-electron chi connectivity index (χ2n) is 4.72. The third-order valence-corrected chi connectivity index (χ3v) is 3.31. The van der Waals surface area contributed by atoms with Crippen molar-refractivity contribution >= 4 is 10.9 Å². The molecule has 0 radical (unpaired) electrons. The molecule has 20 heavy (non-hydrogen) atoms. The van der Waals surface area contributed by atoms with Crippen LogP contribution in [0.15, 0.2) is 29.1 Å². The first-order valence-corrected chi connectivity index (χ1v) is 6.90. The molecule has 0 saturated heterocycles. The maximum atomic E-state index is 12.6. The van der Waals surface area contributed by atoms with Crippen LogP contribution in [0.4, 0.5) is 0 Å². The van der Waals surface area contributed by atoms with Crippen LogP contribution in [-0.4, -0.2) is 29.8 Å². The van der Waals surface area contributed by atoms with Gasteiger partial charge in [-0.3, -0.25) is 9.36 Å². The van der Waals surface area contributed by atoms with E-state index in [9.17, 15) is 4.79 Å². The third kappa shape index (κ3) is 2.89. The molecular weight excluding hydrogens is 254 g/mol. The standard InChI is InChI=1S/C15H21N3O2/c1-4-16-11(2)14-17-13-8-6-5-7-12(13)15(19)18(14)9-10-20-3/h5-8,11,16H,4,9-10H2,1-3H3/t11-/m0/s1. The molecule has 108 valence electrons. The fourth-order valence-corrected chi connectivity index (χ4v) is 2.31. The molecule has 1 atom stereocenters. The highest BCUT2D eigenvalue weighted by Crippen LogP contribution is 2.13. The summed E-state index contributed by atoms with van der Waals surface area (Å²) >= 11 is 0. The Hall–Kier alpha value is -1.72. The smallest absolute Gasteiger partial charge is 0.261 e. The van der Waals surface area contributed by atoms with Gasteiger partial charge in [-0.1, -0.05) is 19.1 Å². The molecule has 0 bridgehead atoms. The fourth-order valence-electron chi connectivity index (χ4n) is 2.31. The predicted octanol–water partition coefficient (Wildman–Crippen LogP) is 1.71. The van der Waals surface area contributed by atoms with Gasteiger partial charge in [0.25, 0.3) is 5.56 Å². The second-order valence-corrected chi connectivity index (χ2v) is 4.72. The first kappa shape index (κ1) is 14.7. The van der Waals surface area contributed by atoms with Crippen molar-refractivity contribution in [3.63, 3.8) is 0 Å². The van der Waals surface area contributed by atoms with Gasteiger partial charge in [0.05, 0.1) is 30.1 Å². The van der Waals surface area contributed by atoms with Crippen LogP contribution in [-0.2, 0) is 11.3 Å². The molecule has 5 heteroatoms. The topological polar surface area (TPSA) is 56.2 Å². The van der Waals surface area contributed by atoms with Gasteiger partial charge in [0.15, 0.2) is 0 Å². The normalized spacial score (nSPS) is 12.8. The molecule has 1 N–H and O–H groups in total. The van der Waals surface area contributed by atoms with Gasteiger partial charge in [0.2, 0.25) is 0 Å². The molecule has 0 amide bonds. The van der Waals surface area contributed by atoms with Gasteiger partial charge < -0.3 is 10.1 Å². The minimum atomic E-state index is -0.00703. The van der Waals surface area contributed by atoms with E-state index in [4.69, 9.17) is 4.74 Å². The van der Waals surface area contributed by atoms with E-state index in [0.717, 1.165) is 17.9 Å². The highest BCUT2D eigenvalue weighted by molar-refractivity contribution is 5.77. The van der Waals surface area contributed by atoms with Crippen molar-refractivity contribution in [2.45, 2.75) is 26.4 Å². The number of nitrogens with zero attached hydrogens (tertiary/aromatic N) is 2. The van der Waals surface area contributed by atoms with Crippen LogP contribution in [0.3, 0.4) is 0 Å². The number of para-hydroxylation sites is 1. The monoisotopic (exact) mass is 275 g/mol. The minimum absolute atomic E-state index is 0.00703. The molecule has 0 spiro atoms. The Kier molecular flexibility index (Phi) is 4.87. The SMILES string of the molecule is CCN[C@@H](C)c1nc2ccccc2c(=O)n1CCOC. The minimum Gasteiger partial charge on any atom is -0.383 e. The van der Waals surface area contributed by atoms with Crippen LogP contribution >= 0.6 is 0 Å². The van der Waals surface area contributed by atoms with Crippen molar-refractivity contribution < 1.29 is 4.74 Å². The summed E-state index contributed by atoms with van der Waals surface area (Å²) in [5.74, 6) is 0.757. The van der Waals surface area contributed by atoms with Gasteiger partial charge >= 0.3 is 0 Å². The molecule has 0 fully saturated rings. The summed E-state index contributed by atoms with van der Waals surface area (Å²) in [5, 5.41) is 3.96. The molecule has 0 unspecified atom stereocenters. The second kappa shape index (κ2) is 6.63. The molecule has 1 aromatic carbocycles. The van der Waals surface area contributed by atoms with Gasteiger partial charge in [-0.05, 0) is 25.6 Å². The molecule has 0 aliphatic carbocycles. The Labute approximate surface area is 118 Å². The lowest BCUT2D eigenvalue weighted by Gasteiger charge is -2.18. The summed E-state index contributed by atoms with van der Waals surface area (Å²) in [6, 6.07) is 7.47. The van der Waals surface area contributed by atoms with Crippen molar-refractivity contribution in [3.8, 4) is 0 Å². The van der Waals surface area contributed by atoms with Crippen LogP contribution in [0.5, 0.6) is 0 Å². The van der Waals surface area contributed by atoms with Crippen molar-refractivity contribution in [2.24, 2.45) is 0 Å². The van der Waals surface area contributed by atoms with E-state index in [1.54, 1.807) is 11.7 Å². The third-order valence-electron chi connectivity index (χ3n) is 3.31. The quantitative estimate of drug-likeness (QED) is 0.872. The Morgan fingerprint density at radius 3 is 2.85 bits per heavy atom.